The van der Waals surface area contributed by atoms with E-state index in [1.54, 1.807) is 0 Å². The largest absolute Gasteiger partial charge is 1.00 e. The van der Waals surface area contributed by atoms with E-state index < -0.39 is 9.04 Å². The molecule has 0 saturated carbocycles. The second kappa shape index (κ2) is 5.88. The van der Waals surface area contributed by atoms with Gasteiger partial charge in [-0.25, -0.2) is 0 Å². The predicted octanol–water partition coefficient (Wildman–Crippen LogP) is -0.676. The fourth-order valence-corrected chi connectivity index (χ4v) is 4.21. The van der Waals surface area contributed by atoms with Crippen molar-refractivity contribution >= 4 is 9.04 Å². The molecule has 0 heterocycles. The molecule has 70 valence electrons. The summed E-state index contributed by atoms with van der Waals surface area (Å²) >= 11 is 0. The summed E-state index contributed by atoms with van der Waals surface area (Å²) in [5, 5.41) is 3.02. The third-order valence-corrected chi connectivity index (χ3v) is 5.18. The van der Waals surface area contributed by atoms with Gasteiger partial charge in [0.1, 0.15) is 0 Å². The maximum absolute atomic E-state index is 5.64. The Morgan fingerprint density at radius 3 is 1.93 bits per heavy atom. The molecule has 0 fully saturated rings. The minimum absolute atomic E-state index is 0. The monoisotopic (exact) mass is 214 g/mol. The summed E-state index contributed by atoms with van der Waals surface area (Å²) in [6.45, 7) is 0. The summed E-state index contributed by atoms with van der Waals surface area (Å²) in [5.74, 6) is 0. The molecule has 0 unspecified atom stereocenters. The van der Waals surface area contributed by atoms with Gasteiger partial charge in [0, 0.05) is 7.11 Å². The molecule has 0 radical (unpaired) electrons. The second-order valence-electron chi connectivity index (χ2n) is 3.36. The van der Waals surface area contributed by atoms with E-state index in [-0.39, 0.29) is 31.0 Å². The van der Waals surface area contributed by atoms with Crippen molar-refractivity contribution in [2.45, 2.75) is 12.8 Å². The number of hydrogen-bond acceptors (Lipinski definition) is 1. The van der Waals surface area contributed by atoms with E-state index in [9.17, 15) is 0 Å². The standard InChI is InChI=1S/C11H14OSi.Na.H/c1-12-13(10-6-2-3-7-10)11-8-4-5-9-11;;/h2-6,8,13H,7,9H2,1H3;;/q;+1;-1. The molecular weight excluding hydrogens is 199 g/mol. The molecule has 0 aromatic carbocycles. The van der Waals surface area contributed by atoms with E-state index in [0.29, 0.717) is 0 Å². The fraction of sp³-hybridized carbons (Fsp3) is 0.273. The van der Waals surface area contributed by atoms with Crippen molar-refractivity contribution in [3.05, 3.63) is 46.8 Å². The number of rotatable bonds is 3. The maximum Gasteiger partial charge on any atom is 1.00 e. The summed E-state index contributed by atoms with van der Waals surface area (Å²) in [5.41, 5.74) is 0. The fourth-order valence-electron chi connectivity index (χ4n) is 1.86. The molecule has 3 heteroatoms. The predicted molar refractivity (Wildman–Crippen MR) is 59.0 cm³/mol. The van der Waals surface area contributed by atoms with Gasteiger partial charge in [-0.2, -0.15) is 0 Å². The quantitative estimate of drug-likeness (QED) is 0.566. The van der Waals surface area contributed by atoms with Crippen molar-refractivity contribution in [2.75, 3.05) is 7.11 Å². The zero-order chi connectivity index (χ0) is 9.10. The van der Waals surface area contributed by atoms with E-state index in [1.165, 1.54) is 10.4 Å². The Hall–Kier alpha value is 0.137. The van der Waals surface area contributed by atoms with Crippen molar-refractivity contribution in [3.8, 4) is 0 Å². The molecule has 0 spiro atoms. The smallest absolute Gasteiger partial charge is 1.00 e. The van der Waals surface area contributed by atoms with E-state index in [1.807, 2.05) is 7.11 Å². The molecule has 0 saturated heterocycles. The molecule has 0 atom stereocenters. The van der Waals surface area contributed by atoms with Crippen LogP contribution in [0.5, 0.6) is 0 Å². The first-order chi connectivity index (χ1) is 6.42. The van der Waals surface area contributed by atoms with Crippen LogP contribution in [-0.2, 0) is 4.43 Å². The first kappa shape index (κ1) is 12.2. The van der Waals surface area contributed by atoms with E-state index in [4.69, 9.17) is 4.43 Å². The number of hydrogen-bond donors (Lipinski definition) is 0. The van der Waals surface area contributed by atoms with Crippen LogP contribution in [-0.4, -0.2) is 16.2 Å². The molecule has 0 aromatic heterocycles. The van der Waals surface area contributed by atoms with E-state index in [0.717, 1.165) is 12.8 Å². The first-order valence-electron chi connectivity index (χ1n) is 4.66. The third-order valence-electron chi connectivity index (χ3n) is 2.51. The topological polar surface area (TPSA) is 9.23 Å². The van der Waals surface area contributed by atoms with Gasteiger partial charge in [0.2, 0.25) is 9.04 Å². The summed E-state index contributed by atoms with van der Waals surface area (Å²) in [4.78, 5) is 0. The van der Waals surface area contributed by atoms with Gasteiger partial charge in [-0.3, -0.25) is 0 Å². The van der Waals surface area contributed by atoms with E-state index >= 15 is 0 Å². The van der Waals surface area contributed by atoms with Gasteiger partial charge in [-0.1, -0.05) is 36.5 Å². The van der Waals surface area contributed by atoms with Crippen LogP contribution in [0, 0.1) is 0 Å². The van der Waals surface area contributed by atoms with Crippen LogP contribution in [0.25, 0.3) is 0 Å². The normalized spacial score (nSPS) is 18.4. The summed E-state index contributed by atoms with van der Waals surface area (Å²) in [6.07, 6.45) is 15.3. The van der Waals surface area contributed by atoms with Gasteiger partial charge >= 0.3 is 29.6 Å². The molecule has 0 aliphatic heterocycles. The van der Waals surface area contributed by atoms with Gasteiger partial charge in [0.15, 0.2) is 0 Å². The molecule has 0 amide bonds. The van der Waals surface area contributed by atoms with Gasteiger partial charge in [-0.15, -0.1) is 0 Å². The number of allylic oxidation sites excluding steroid dienone is 8. The van der Waals surface area contributed by atoms with Crippen LogP contribution >= 0.6 is 0 Å². The van der Waals surface area contributed by atoms with Crippen LogP contribution in [0.1, 0.15) is 14.3 Å². The zero-order valence-electron chi connectivity index (χ0n) is 9.86. The molecule has 14 heavy (non-hydrogen) atoms. The Kier molecular flexibility index (Phi) is 5.13. The molecular formula is C11H15NaOSi. The van der Waals surface area contributed by atoms with E-state index in [2.05, 4.69) is 36.5 Å². The molecule has 0 aromatic rings. The Bertz CT molecular complexity index is 291. The van der Waals surface area contributed by atoms with Crippen LogP contribution in [0.15, 0.2) is 46.8 Å². The van der Waals surface area contributed by atoms with Crippen molar-refractivity contribution in [3.63, 3.8) is 0 Å². The summed E-state index contributed by atoms with van der Waals surface area (Å²) in [7, 11) is 0.622. The van der Waals surface area contributed by atoms with Crippen LogP contribution in [0.4, 0.5) is 0 Å². The SMILES string of the molecule is CO[SiH](C1=CC=CC1)C1=CC=CC1.[H-].[Na+]. The van der Waals surface area contributed by atoms with Crippen LogP contribution in [0.2, 0.25) is 0 Å². The Balaban J connectivity index is 0.000000980. The average Bonchev–Trinajstić information content (AvgIpc) is 2.76. The van der Waals surface area contributed by atoms with Crippen LogP contribution in [0.3, 0.4) is 0 Å². The van der Waals surface area contributed by atoms with Crippen LogP contribution < -0.4 is 29.6 Å². The molecule has 2 rings (SSSR count). The molecule has 1 nitrogen and oxygen atoms in total. The van der Waals surface area contributed by atoms with Gasteiger partial charge in [0.25, 0.3) is 0 Å². The summed E-state index contributed by atoms with van der Waals surface area (Å²) < 4.78 is 5.64. The Morgan fingerprint density at radius 1 is 1.14 bits per heavy atom. The zero-order valence-corrected chi connectivity index (χ0v) is 12.0. The van der Waals surface area contributed by atoms with Crippen molar-refractivity contribution in [1.82, 2.24) is 0 Å². The minimum Gasteiger partial charge on any atom is -1.00 e. The van der Waals surface area contributed by atoms with Gasteiger partial charge in [-0.05, 0) is 23.2 Å². The van der Waals surface area contributed by atoms with Crippen molar-refractivity contribution < 1.29 is 35.4 Å². The van der Waals surface area contributed by atoms with Gasteiger partial charge < -0.3 is 5.85 Å². The molecule has 0 bridgehead atoms. The average molecular weight is 214 g/mol. The van der Waals surface area contributed by atoms with Crippen molar-refractivity contribution in [1.29, 1.82) is 0 Å². The molecule has 0 N–H and O–H groups in total. The Labute approximate surface area is 111 Å². The van der Waals surface area contributed by atoms with Crippen molar-refractivity contribution in [2.24, 2.45) is 0 Å². The minimum atomic E-state index is -1.22. The maximum atomic E-state index is 5.64. The third kappa shape index (κ3) is 2.58. The van der Waals surface area contributed by atoms with Gasteiger partial charge in [0.05, 0.1) is 0 Å². The molecule has 2 aliphatic rings. The second-order valence-corrected chi connectivity index (χ2v) is 6.08. The first-order valence-corrected chi connectivity index (χ1v) is 6.28. The molecule has 2 aliphatic carbocycles. The Morgan fingerprint density at radius 2 is 1.64 bits per heavy atom. The summed E-state index contributed by atoms with van der Waals surface area (Å²) in [6, 6.07) is 0.